The maximum atomic E-state index is 10.5. The largest absolute Gasteiger partial charge is 0.394 e. The zero-order valence-corrected chi connectivity index (χ0v) is 19.2. The molecule has 31 heavy (non-hydrogen) atoms. The average molecular weight is 459 g/mol. The molecule has 0 bridgehead atoms. The summed E-state index contributed by atoms with van der Waals surface area (Å²) in [6.07, 6.45) is -5.01. The predicted molar refractivity (Wildman–Crippen MR) is 126 cm³/mol. The van der Waals surface area contributed by atoms with Crippen molar-refractivity contribution in [2.24, 2.45) is 0 Å². The van der Waals surface area contributed by atoms with E-state index in [2.05, 4.69) is 45.6 Å². The number of hydrogen-bond donors (Lipinski definition) is 4. The van der Waals surface area contributed by atoms with Gasteiger partial charge < -0.3 is 25.2 Å². The molecular weight excluding hydrogens is 431 g/mol. The zero-order chi connectivity index (χ0) is 22.1. The Morgan fingerprint density at radius 1 is 0.935 bits per heavy atom. The summed E-state index contributed by atoms with van der Waals surface area (Å²) in [5.41, 5.74) is 4.12. The van der Waals surface area contributed by atoms with E-state index < -0.39 is 37.1 Å². The van der Waals surface area contributed by atoms with E-state index in [-0.39, 0.29) is 0 Å². The molecule has 4 N–H and O–H groups in total. The van der Waals surface area contributed by atoms with Crippen LogP contribution in [0.2, 0.25) is 0 Å². The summed E-state index contributed by atoms with van der Waals surface area (Å²) < 4.78 is 5.72. The van der Waals surface area contributed by atoms with Gasteiger partial charge in [0.25, 0.3) is 0 Å². The highest BCUT2D eigenvalue weighted by atomic mass is 32.1. The van der Waals surface area contributed by atoms with E-state index in [1.807, 2.05) is 25.1 Å². The Morgan fingerprint density at radius 2 is 1.68 bits per heavy atom. The third-order valence-corrected chi connectivity index (χ3v) is 7.33. The Balaban J connectivity index is 1.57. The number of aryl methyl sites for hydroxylation is 1. The first kappa shape index (κ1) is 22.6. The summed E-state index contributed by atoms with van der Waals surface area (Å²) in [6.45, 7) is 1.61. The molecular formula is C24H27O5PS. The topological polar surface area (TPSA) is 90.2 Å². The predicted octanol–water partition coefficient (Wildman–Crippen LogP) is 2.33. The zero-order valence-electron chi connectivity index (χ0n) is 17.2. The normalized spacial score (nSPS) is 26.2. The van der Waals surface area contributed by atoms with Gasteiger partial charge in [-0.25, -0.2) is 0 Å². The lowest BCUT2D eigenvalue weighted by Gasteiger charge is -2.40. The van der Waals surface area contributed by atoms with Gasteiger partial charge in [-0.05, 0) is 46.6 Å². The van der Waals surface area contributed by atoms with Crippen LogP contribution in [0.4, 0.5) is 0 Å². The molecule has 6 unspecified atom stereocenters. The highest BCUT2D eigenvalue weighted by Crippen LogP contribution is 2.34. The molecule has 1 aliphatic rings. The number of rotatable bonds is 5. The fourth-order valence-electron chi connectivity index (χ4n) is 3.90. The Hall–Kier alpha value is -1.63. The molecule has 1 aromatic heterocycles. The minimum atomic E-state index is -1.38. The van der Waals surface area contributed by atoms with Gasteiger partial charge in [0, 0.05) is 16.2 Å². The number of thiophene rings is 1. The second kappa shape index (κ2) is 9.47. The molecule has 164 valence electrons. The van der Waals surface area contributed by atoms with Gasteiger partial charge in [-0.2, -0.15) is 0 Å². The van der Waals surface area contributed by atoms with Crippen molar-refractivity contribution in [2.45, 2.75) is 43.9 Å². The van der Waals surface area contributed by atoms with E-state index in [0.717, 1.165) is 22.9 Å². The van der Waals surface area contributed by atoms with Crippen LogP contribution in [0.15, 0.2) is 54.6 Å². The first-order valence-electron chi connectivity index (χ1n) is 10.2. The first-order valence-corrected chi connectivity index (χ1v) is 11.6. The van der Waals surface area contributed by atoms with E-state index in [4.69, 9.17) is 4.74 Å². The summed E-state index contributed by atoms with van der Waals surface area (Å²) in [4.78, 5) is 2.43. The summed E-state index contributed by atoms with van der Waals surface area (Å²) in [5.74, 6) is 0. The lowest BCUT2D eigenvalue weighted by atomic mass is 9.89. The molecule has 1 saturated heterocycles. The van der Waals surface area contributed by atoms with Crippen LogP contribution in [0, 0.1) is 6.92 Å². The second-order valence-electron chi connectivity index (χ2n) is 8.00. The molecule has 2 aromatic carbocycles. The quantitative estimate of drug-likeness (QED) is 0.441. The maximum Gasteiger partial charge on any atom is 0.113 e. The SMILES string of the molecule is Cc1ccc(C2OC(CO)C(O)C(O)C2O)cc1Cc1ccc(-c2ccc(P)cc2)s1. The van der Waals surface area contributed by atoms with Crippen molar-refractivity contribution < 1.29 is 25.2 Å². The van der Waals surface area contributed by atoms with Gasteiger partial charge in [0.15, 0.2) is 0 Å². The van der Waals surface area contributed by atoms with Gasteiger partial charge in [0.2, 0.25) is 0 Å². The molecule has 0 aliphatic carbocycles. The van der Waals surface area contributed by atoms with Crippen molar-refractivity contribution in [2.75, 3.05) is 6.61 Å². The van der Waals surface area contributed by atoms with Crippen LogP contribution in [0.5, 0.6) is 0 Å². The molecule has 6 atom stereocenters. The fraction of sp³-hybridized carbons (Fsp3) is 0.333. The molecule has 0 spiro atoms. The molecule has 1 fully saturated rings. The third-order valence-electron chi connectivity index (χ3n) is 5.82. The van der Waals surface area contributed by atoms with E-state index in [0.29, 0.717) is 5.56 Å². The molecule has 0 amide bonds. The molecule has 7 heteroatoms. The summed E-state index contributed by atoms with van der Waals surface area (Å²) in [7, 11) is 2.70. The van der Waals surface area contributed by atoms with E-state index in [1.165, 1.54) is 15.3 Å². The maximum absolute atomic E-state index is 10.5. The smallest absolute Gasteiger partial charge is 0.113 e. The van der Waals surface area contributed by atoms with Gasteiger partial charge in [-0.3, -0.25) is 0 Å². The van der Waals surface area contributed by atoms with Gasteiger partial charge in [-0.1, -0.05) is 42.5 Å². The van der Waals surface area contributed by atoms with Crippen molar-refractivity contribution >= 4 is 25.9 Å². The average Bonchev–Trinajstić information content (AvgIpc) is 3.23. The highest BCUT2D eigenvalue weighted by molar-refractivity contribution is 7.27. The summed E-state index contributed by atoms with van der Waals surface area (Å²) >= 11 is 1.75. The monoisotopic (exact) mass is 458 g/mol. The molecule has 3 aromatic rings. The van der Waals surface area contributed by atoms with E-state index in [1.54, 1.807) is 11.3 Å². The molecule has 2 heterocycles. The van der Waals surface area contributed by atoms with Crippen molar-refractivity contribution in [1.82, 2.24) is 0 Å². The molecule has 4 rings (SSSR count). The van der Waals surface area contributed by atoms with Crippen LogP contribution < -0.4 is 5.30 Å². The molecule has 0 saturated carbocycles. The number of aliphatic hydroxyl groups excluding tert-OH is 4. The third kappa shape index (κ3) is 4.76. The van der Waals surface area contributed by atoms with Crippen molar-refractivity contribution in [3.05, 3.63) is 76.2 Å². The Bertz CT molecular complexity index is 1030. The summed E-state index contributed by atoms with van der Waals surface area (Å²) in [5, 5.41) is 41.2. The Kier molecular flexibility index (Phi) is 6.89. The van der Waals surface area contributed by atoms with Crippen molar-refractivity contribution in [1.29, 1.82) is 0 Å². The van der Waals surface area contributed by atoms with Gasteiger partial charge in [0.05, 0.1) is 6.61 Å². The standard InChI is InChI=1S/C24H27O5PS/c1-13-2-3-15(24-23(28)22(27)21(26)19(12-25)29-24)10-16(13)11-18-8-9-20(31-18)14-4-6-17(30)7-5-14/h2-10,19,21-28H,11-12,30H2,1H3. The second-order valence-corrected chi connectivity index (χ2v) is 9.84. The van der Waals surface area contributed by atoms with Crippen LogP contribution >= 0.6 is 20.6 Å². The van der Waals surface area contributed by atoms with E-state index >= 15 is 0 Å². The fourth-order valence-corrected chi connectivity index (χ4v) is 5.13. The number of benzene rings is 2. The van der Waals surface area contributed by atoms with Crippen LogP contribution in [0.25, 0.3) is 10.4 Å². The number of hydrogen-bond acceptors (Lipinski definition) is 6. The van der Waals surface area contributed by atoms with Gasteiger partial charge in [0.1, 0.15) is 30.5 Å². The lowest BCUT2D eigenvalue weighted by Crippen LogP contribution is -2.55. The van der Waals surface area contributed by atoms with Crippen molar-refractivity contribution in [3.63, 3.8) is 0 Å². The summed E-state index contributed by atoms with van der Waals surface area (Å²) in [6, 6.07) is 18.5. The Labute approximate surface area is 188 Å². The molecule has 5 nitrogen and oxygen atoms in total. The van der Waals surface area contributed by atoms with Gasteiger partial charge >= 0.3 is 0 Å². The van der Waals surface area contributed by atoms with Crippen LogP contribution in [-0.4, -0.2) is 51.4 Å². The molecule has 1 aliphatic heterocycles. The van der Waals surface area contributed by atoms with Crippen LogP contribution in [-0.2, 0) is 11.2 Å². The number of aliphatic hydroxyl groups is 4. The van der Waals surface area contributed by atoms with E-state index in [9.17, 15) is 20.4 Å². The first-order chi connectivity index (χ1) is 14.9. The van der Waals surface area contributed by atoms with Crippen LogP contribution in [0.3, 0.4) is 0 Å². The highest BCUT2D eigenvalue weighted by Gasteiger charge is 2.43. The van der Waals surface area contributed by atoms with Crippen molar-refractivity contribution in [3.8, 4) is 10.4 Å². The number of ether oxygens (including phenoxy) is 1. The lowest BCUT2D eigenvalue weighted by molar-refractivity contribution is -0.231. The minimum absolute atomic E-state index is 0.435. The van der Waals surface area contributed by atoms with Gasteiger partial charge in [-0.15, -0.1) is 20.6 Å². The Morgan fingerprint density at radius 3 is 2.39 bits per heavy atom. The molecule has 0 radical (unpaired) electrons. The van der Waals surface area contributed by atoms with Crippen LogP contribution in [0.1, 0.15) is 27.7 Å². The minimum Gasteiger partial charge on any atom is -0.394 e.